The third-order valence-electron chi connectivity index (χ3n) is 4.94. The number of aromatic nitrogens is 1. The number of benzene rings is 3. The van der Waals surface area contributed by atoms with Gasteiger partial charge in [0.1, 0.15) is 17.3 Å². The summed E-state index contributed by atoms with van der Waals surface area (Å²) in [5, 5.41) is 17.2. The minimum Gasteiger partial charge on any atom is -0.478 e. The quantitative estimate of drug-likeness (QED) is 0.260. The molecular formula is C25H20N4O3. The number of pyridine rings is 1. The van der Waals surface area contributed by atoms with Crippen LogP contribution in [0.5, 0.6) is 11.5 Å². The standard InChI is InChI=1S/C25H20N4O3/c26-22-21(24(27)28)20(14-29-23(22)16-6-8-17(9-7-16)25(30)31)15-10-12-19(13-11-15)32-18-4-2-1-3-5-18/h1-14H,26H2,(H3,27,28)(H,30,31). The number of carboxylic acid groups (broad SMARTS) is 1. The fourth-order valence-corrected chi connectivity index (χ4v) is 3.36. The minimum absolute atomic E-state index is 0.161. The Morgan fingerprint density at radius 3 is 2.06 bits per heavy atom. The lowest BCUT2D eigenvalue weighted by atomic mass is 9.96. The Kier molecular flexibility index (Phi) is 5.55. The maximum atomic E-state index is 11.1. The number of para-hydroxylation sites is 1. The van der Waals surface area contributed by atoms with E-state index in [9.17, 15) is 4.79 Å². The maximum Gasteiger partial charge on any atom is 0.335 e. The summed E-state index contributed by atoms with van der Waals surface area (Å²) in [5.74, 6) is 0.194. The van der Waals surface area contributed by atoms with E-state index in [1.165, 1.54) is 12.1 Å². The van der Waals surface area contributed by atoms with Crippen molar-refractivity contribution in [3.63, 3.8) is 0 Å². The van der Waals surface area contributed by atoms with E-state index in [4.69, 9.17) is 26.7 Å². The number of nitrogens with one attached hydrogen (secondary N) is 1. The van der Waals surface area contributed by atoms with Gasteiger partial charge in [-0.25, -0.2) is 4.79 Å². The van der Waals surface area contributed by atoms with E-state index in [1.807, 2.05) is 54.6 Å². The summed E-state index contributed by atoms with van der Waals surface area (Å²) in [4.78, 5) is 15.6. The molecule has 4 aromatic rings. The van der Waals surface area contributed by atoms with E-state index in [2.05, 4.69) is 4.98 Å². The van der Waals surface area contributed by atoms with Gasteiger partial charge in [0.25, 0.3) is 0 Å². The van der Waals surface area contributed by atoms with Crippen LogP contribution in [-0.2, 0) is 0 Å². The summed E-state index contributed by atoms with van der Waals surface area (Å²) in [5.41, 5.74) is 15.5. The molecule has 0 atom stereocenters. The van der Waals surface area contributed by atoms with Gasteiger partial charge in [0.15, 0.2) is 0 Å². The van der Waals surface area contributed by atoms with Gasteiger partial charge in [-0.1, -0.05) is 42.5 Å². The van der Waals surface area contributed by atoms with E-state index < -0.39 is 5.97 Å². The number of carboxylic acids is 1. The number of anilines is 1. The number of hydrogen-bond donors (Lipinski definition) is 4. The van der Waals surface area contributed by atoms with Crippen molar-refractivity contribution in [1.82, 2.24) is 4.98 Å². The summed E-state index contributed by atoms with van der Waals surface area (Å²) in [7, 11) is 0. The maximum absolute atomic E-state index is 11.1. The average Bonchev–Trinajstić information content (AvgIpc) is 2.80. The van der Waals surface area contributed by atoms with E-state index in [-0.39, 0.29) is 17.1 Å². The van der Waals surface area contributed by atoms with Gasteiger partial charge in [-0.2, -0.15) is 0 Å². The predicted octanol–water partition coefficient (Wildman–Crippen LogP) is 4.77. The van der Waals surface area contributed by atoms with Crippen molar-refractivity contribution in [3.05, 3.63) is 96.2 Å². The largest absolute Gasteiger partial charge is 0.478 e. The number of amidine groups is 1. The van der Waals surface area contributed by atoms with Crippen LogP contribution >= 0.6 is 0 Å². The molecule has 7 heteroatoms. The number of rotatable bonds is 6. The van der Waals surface area contributed by atoms with Crippen LogP contribution in [0.3, 0.4) is 0 Å². The molecule has 32 heavy (non-hydrogen) atoms. The average molecular weight is 424 g/mol. The Morgan fingerprint density at radius 2 is 1.47 bits per heavy atom. The molecule has 0 fully saturated rings. The molecule has 0 aliphatic heterocycles. The van der Waals surface area contributed by atoms with E-state index in [1.54, 1.807) is 18.3 Å². The predicted molar refractivity (Wildman–Crippen MR) is 124 cm³/mol. The van der Waals surface area contributed by atoms with Crippen molar-refractivity contribution in [2.24, 2.45) is 5.73 Å². The smallest absolute Gasteiger partial charge is 0.335 e. The van der Waals surface area contributed by atoms with E-state index in [0.29, 0.717) is 28.1 Å². The molecule has 0 amide bonds. The van der Waals surface area contributed by atoms with Crippen LogP contribution in [0.4, 0.5) is 5.69 Å². The number of nitrogens with zero attached hydrogens (tertiary/aromatic N) is 1. The Morgan fingerprint density at radius 1 is 0.875 bits per heavy atom. The number of nitrogen functional groups attached to an aromatic ring is 2. The van der Waals surface area contributed by atoms with Crippen LogP contribution in [0.25, 0.3) is 22.4 Å². The molecule has 0 aliphatic carbocycles. The first-order valence-corrected chi connectivity index (χ1v) is 9.74. The Balaban J connectivity index is 1.69. The molecule has 4 rings (SSSR count). The van der Waals surface area contributed by atoms with Crippen molar-refractivity contribution in [3.8, 4) is 33.9 Å². The molecule has 7 nitrogen and oxygen atoms in total. The molecular weight excluding hydrogens is 404 g/mol. The van der Waals surface area contributed by atoms with Crippen molar-refractivity contribution in [1.29, 1.82) is 5.41 Å². The van der Waals surface area contributed by atoms with Gasteiger partial charge in [0.05, 0.1) is 22.5 Å². The lowest BCUT2D eigenvalue weighted by Gasteiger charge is -2.15. The molecule has 6 N–H and O–H groups in total. The Bertz CT molecular complexity index is 1290. The fourth-order valence-electron chi connectivity index (χ4n) is 3.36. The summed E-state index contributed by atoms with van der Waals surface area (Å²) in [6.07, 6.45) is 1.61. The molecule has 1 heterocycles. The number of carbonyl (C=O) groups is 1. The zero-order valence-corrected chi connectivity index (χ0v) is 16.9. The van der Waals surface area contributed by atoms with E-state index in [0.717, 1.165) is 11.3 Å². The molecule has 0 spiro atoms. The number of aromatic carboxylic acids is 1. The van der Waals surface area contributed by atoms with Gasteiger partial charge in [-0.3, -0.25) is 10.4 Å². The summed E-state index contributed by atoms with van der Waals surface area (Å²) >= 11 is 0. The normalized spacial score (nSPS) is 10.5. The second kappa shape index (κ2) is 8.61. The van der Waals surface area contributed by atoms with Gasteiger partial charge >= 0.3 is 5.97 Å². The SMILES string of the molecule is N=C(N)c1c(-c2ccc(Oc3ccccc3)cc2)cnc(-c2ccc(C(=O)O)cc2)c1N. The highest BCUT2D eigenvalue weighted by atomic mass is 16.5. The van der Waals surface area contributed by atoms with Gasteiger partial charge in [-0.15, -0.1) is 0 Å². The van der Waals surface area contributed by atoms with Crippen molar-refractivity contribution in [2.45, 2.75) is 0 Å². The van der Waals surface area contributed by atoms with E-state index >= 15 is 0 Å². The van der Waals surface area contributed by atoms with Crippen LogP contribution in [0.2, 0.25) is 0 Å². The summed E-state index contributed by atoms with van der Waals surface area (Å²) < 4.78 is 5.82. The summed E-state index contributed by atoms with van der Waals surface area (Å²) in [6, 6.07) is 23.0. The molecule has 3 aromatic carbocycles. The molecule has 0 radical (unpaired) electrons. The monoisotopic (exact) mass is 424 g/mol. The molecule has 0 saturated carbocycles. The van der Waals surface area contributed by atoms with Gasteiger partial charge < -0.3 is 21.3 Å². The highest BCUT2D eigenvalue weighted by Gasteiger charge is 2.18. The molecule has 158 valence electrons. The van der Waals surface area contributed by atoms with Crippen LogP contribution < -0.4 is 16.2 Å². The molecule has 0 aliphatic rings. The van der Waals surface area contributed by atoms with Gasteiger partial charge in [0, 0.05) is 17.3 Å². The summed E-state index contributed by atoms with van der Waals surface area (Å²) in [6.45, 7) is 0. The second-order valence-corrected chi connectivity index (χ2v) is 7.04. The molecule has 0 bridgehead atoms. The van der Waals surface area contributed by atoms with Crippen LogP contribution in [0.15, 0.2) is 85.1 Å². The van der Waals surface area contributed by atoms with Crippen LogP contribution in [-0.4, -0.2) is 21.9 Å². The zero-order valence-electron chi connectivity index (χ0n) is 16.9. The lowest BCUT2D eigenvalue weighted by molar-refractivity contribution is 0.0697. The van der Waals surface area contributed by atoms with Gasteiger partial charge in [0.2, 0.25) is 0 Å². The number of ether oxygens (including phenoxy) is 1. The van der Waals surface area contributed by atoms with Crippen molar-refractivity contribution in [2.75, 3.05) is 5.73 Å². The Hall–Kier alpha value is -4.65. The number of nitrogens with two attached hydrogens (primary N) is 2. The molecule has 1 aromatic heterocycles. The minimum atomic E-state index is -1.02. The first-order chi connectivity index (χ1) is 15.4. The Labute approximate surface area is 184 Å². The van der Waals surface area contributed by atoms with Crippen molar-refractivity contribution >= 4 is 17.5 Å². The van der Waals surface area contributed by atoms with Gasteiger partial charge in [-0.05, 0) is 42.0 Å². The third-order valence-corrected chi connectivity index (χ3v) is 4.94. The second-order valence-electron chi connectivity index (χ2n) is 7.04. The molecule has 0 unspecified atom stereocenters. The third kappa shape index (κ3) is 4.13. The number of hydrogen-bond acceptors (Lipinski definition) is 5. The van der Waals surface area contributed by atoms with Crippen molar-refractivity contribution < 1.29 is 14.6 Å². The molecule has 0 saturated heterocycles. The first-order valence-electron chi connectivity index (χ1n) is 9.74. The lowest BCUT2D eigenvalue weighted by Crippen LogP contribution is -2.16. The van der Waals surface area contributed by atoms with Crippen LogP contribution in [0, 0.1) is 5.41 Å². The first kappa shape index (κ1) is 20.6. The topological polar surface area (TPSA) is 135 Å². The highest BCUT2D eigenvalue weighted by Crippen LogP contribution is 2.34. The highest BCUT2D eigenvalue weighted by molar-refractivity contribution is 6.08. The zero-order chi connectivity index (χ0) is 22.7. The fraction of sp³-hybridized carbons (Fsp3) is 0. The van der Waals surface area contributed by atoms with Crippen LogP contribution in [0.1, 0.15) is 15.9 Å².